The molecule has 0 saturated carbocycles. The summed E-state index contributed by atoms with van der Waals surface area (Å²) >= 11 is 0. The van der Waals surface area contributed by atoms with Crippen LogP contribution in [0.25, 0.3) is 10.9 Å². The first-order chi connectivity index (χ1) is 9.58. The number of hydrogen-bond donors (Lipinski definition) is 1. The van der Waals surface area contributed by atoms with Gasteiger partial charge in [-0.05, 0) is 48.9 Å². The molecule has 0 unspecified atom stereocenters. The average Bonchev–Trinajstić information content (AvgIpc) is 2.71. The van der Waals surface area contributed by atoms with Crippen molar-refractivity contribution in [1.82, 2.24) is 4.57 Å². The minimum Gasteiger partial charge on any atom is -0.493 e. The molecule has 0 fully saturated rings. The summed E-state index contributed by atoms with van der Waals surface area (Å²) in [5.41, 5.74) is 3.58. The van der Waals surface area contributed by atoms with Gasteiger partial charge in [0.1, 0.15) is 5.75 Å². The van der Waals surface area contributed by atoms with Gasteiger partial charge >= 0.3 is 0 Å². The Morgan fingerprint density at radius 2 is 2.20 bits per heavy atom. The summed E-state index contributed by atoms with van der Waals surface area (Å²) in [5, 5.41) is 11.5. The molecule has 0 spiro atoms. The number of rotatable bonds is 3. The van der Waals surface area contributed by atoms with Gasteiger partial charge in [-0.15, -0.1) is 0 Å². The van der Waals surface area contributed by atoms with Crippen LogP contribution in [0.1, 0.15) is 44.1 Å². The van der Waals surface area contributed by atoms with Gasteiger partial charge in [-0.2, -0.15) is 0 Å². The van der Waals surface area contributed by atoms with E-state index in [-0.39, 0.29) is 6.10 Å². The molecule has 1 aliphatic carbocycles. The number of aryl methyl sites for hydroxylation is 2. The Morgan fingerprint density at radius 3 is 2.95 bits per heavy atom. The van der Waals surface area contributed by atoms with Crippen molar-refractivity contribution in [2.24, 2.45) is 13.0 Å². The number of fused-ring (bicyclic) bond motifs is 3. The van der Waals surface area contributed by atoms with Gasteiger partial charge in [0.05, 0.1) is 18.4 Å². The van der Waals surface area contributed by atoms with Crippen LogP contribution in [0.2, 0.25) is 0 Å². The molecule has 3 rings (SSSR count). The highest BCUT2D eigenvalue weighted by Crippen LogP contribution is 2.37. The molecule has 20 heavy (non-hydrogen) atoms. The Bertz CT molecular complexity index is 627. The van der Waals surface area contributed by atoms with E-state index in [0.29, 0.717) is 5.92 Å². The van der Waals surface area contributed by atoms with Crippen LogP contribution in [-0.2, 0) is 13.5 Å². The molecular formula is C17H23NO2. The summed E-state index contributed by atoms with van der Waals surface area (Å²) in [4.78, 5) is 0. The van der Waals surface area contributed by atoms with Crippen molar-refractivity contribution in [3.8, 4) is 5.75 Å². The predicted octanol–water partition coefficient (Wildman–Crippen LogP) is 3.58. The Labute approximate surface area is 120 Å². The summed E-state index contributed by atoms with van der Waals surface area (Å²) in [5.74, 6) is 1.46. The van der Waals surface area contributed by atoms with E-state index < -0.39 is 0 Å². The van der Waals surface area contributed by atoms with Gasteiger partial charge < -0.3 is 14.4 Å². The number of benzene rings is 1. The van der Waals surface area contributed by atoms with Gasteiger partial charge in [-0.3, -0.25) is 0 Å². The molecule has 1 aliphatic rings. The number of aliphatic hydroxyl groups excluding tert-OH is 1. The van der Waals surface area contributed by atoms with Crippen molar-refractivity contribution in [2.45, 2.75) is 39.2 Å². The topological polar surface area (TPSA) is 34.4 Å². The van der Waals surface area contributed by atoms with Crippen LogP contribution in [0, 0.1) is 5.92 Å². The smallest absolute Gasteiger partial charge is 0.120 e. The van der Waals surface area contributed by atoms with Gasteiger partial charge in [0, 0.05) is 18.0 Å². The fourth-order valence-corrected chi connectivity index (χ4v) is 3.17. The van der Waals surface area contributed by atoms with E-state index in [1.807, 2.05) is 13.1 Å². The number of nitrogens with zero attached hydrogens (tertiary/aromatic N) is 1. The Kier molecular flexibility index (Phi) is 3.47. The SMILES string of the molecule is CC(C)COc1ccc2c(c1)c1c(n2C)[C@H](O)CCC1. The second kappa shape index (κ2) is 5.13. The van der Waals surface area contributed by atoms with E-state index in [1.165, 1.54) is 16.5 Å². The maximum Gasteiger partial charge on any atom is 0.120 e. The van der Waals surface area contributed by atoms with Crippen molar-refractivity contribution >= 4 is 10.9 Å². The van der Waals surface area contributed by atoms with E-state index >= 15 is 0 Å². The minimum absolute atomic E-state index is 0.323. The van der Waals surface area contributed by atoms with E-state index in [4.69, 9.17) is 4.74 Å². The largest absolute Gasteiger partial charge is 0.493 e. The molecule has 2 aromatic rings. The molecule has 3 nitrogen and oxygen atoms in total. The van der Waals surface area contributed by atoms with Crippen LogP contribution in [0.5, 0.6) is 5.75 Å². The van der Waals surface area contributed by atoms with Crippen molar-refractivity contribution in [3.05, 3.63) is 29.5 Å². The number of aliphatic hydroxyl groups is 1. The van der Waals surface area contributed by atoms with Crippen LogP contribution in [0.3, 0.4) is 0 Å². The quantitative estimate of drug-likeness (QED) is 0.927. The molecule has 1 aromatic carbocycles. The average molecular weight is 273 g/mol. The first-order valence-electron chi connectivity index (χ1n) is 7.50. The normalized spacial score (nSPS) is 18.6. The van der Waals surface area contributed by atoms with E-state index in [0.717, 1.165) is 37.3 Å². The predicted molar refractivity (Wildman–Crippen MR) is 81.1 cm³/mol. The van der Waals surface area contributed by atoms with E-state index in [9.17, 15) is 5.11 Å². The van der Waals surface area contributed by atoms with Gasteiger partial charge in [0.25, 0.3) is 0 Å². The van der Waals surface area contributed by atoms with E-state index in [2.05, 4.69) is 30.5 Å². The lowest BCUT2D eigenvalue weighted by Gasteiger charge is -2.19. The Hall–Kier alpha value is -1.48. The number of ether oxygens (including phenoxy) is 1. The molecule has 3 heteroatoms. The zero-order valence-electron chi connectivity index (χ0n) is 12.5. The lowest BCUT2D eigenvalue weighted by molar-refractivity contribution is 0.149. The lowest BCUT2D eigenvalue weighted by Crippen LogP contribution is -2.11. The zero-order valence-corrected chi connectivity index (χ0v) is 12.5. The summed E-state index contributed by atoms with van der Waals surface area (Å²) < 4.78 is 7.97. The molecule has 1 aromatic heterocycles. The number of hydrogen-bond acceptors (Lipinski definition) is 2. The lowest BCUT2D eigenvalue weighted by atomic mass is 9.93. The van der Waals surface area contributed by atoms with Crippen LogP contribution in [0.15, 0.2) is 18.2 Å². The second-order valence-electron chi connectivity index (χ2n) is 6.21. The molecule has 108 valence electrons. The Morgan fingerprint density at radius 1 is 1.40 bits per heavy atom. The van der Waals surface area contributed by atoms with Crippen molar-refractivity contribution in [1.29, 1.82) is 0 Å². The highest BCUT2D eigenvalue weighted by Gasteiger charge is 2.25. The first kappa shape index (κ1) is 13.5. The molecule has 0 amide bonds. The van der Waals surface area contributed by atoms with Crippen molar-refractivity contribution in [2.75, 3.05) is 6.61 Å². The third-order valence-corrected chi connectivity index (χ3v) is 4.13. The molecule has 0 bridgehead atoms. The zero-order chi connectivity index (χ0) is 14.3. The molecule has 1 heterocycles. The van der Waals surface area contributed by atoms with Crippen molar-refractivity contribution < 1.29 is 9.84 Å². The van der Waals surface area contributed by atoms with Gasteiger partial charge in [0.15, 0.2) is 0 Å². The summed E-state index contributed by atoms with van der Waals surface area (Å²) in [6, 6.07) is 6.27. The molecule has 0 aliphatic heterocycles. The molecular weight excluding hydrogens is 250 g/mol. The highest BCUT2D eigenvalue weighted by molar-refractivity contribution is 5.87. The number of aromatic nitrogens is 1. The maximum absolute atomic E-state index is 10.2. The van der Waals surface area contributed by atoms with Gasteiger partial charge in [-0.1, -0.05) is 13.8 Å². The van der Waals surface area contributed by atoms with Crippen LogP contribution in [0.4, 0.5) is 0 Å². The van der Waals surface area contributed by atoms with Crippen LogP contribution < -0.4 is 4.74 Å². The standard InChI is InChI=1S/C17H23NO2/c1-11(2)10-20-12-7-8-15-14(9-12)13-5-4-6-16(19)17(13)18(15)3/h7-9,11,16,19H,4-6,10H2,1-3H3/t16-/m1/s1. The fourth-order valence-electron chi connectivity index (χ4n) is 3.17. The Balaban J connectivity index is 2.05. The monoisotopic (exact) mass is 273 g/mol. The second-order valence-corrected chi connectivity index (χ2v) is 6.21. The van der Waals surface area contributed by atoms with Crippen molar-refractivity contribution in [3.63, 3.8) is 0 Å². The molecule has 1 atom stereocenters. The summed E-state index contributed by atoms with van der Waals surface area (Å²) in [6.45, 7) is 5.04. The first-order valence-corrected chi connectivity index (χ1v) is 7.50. The summed E-state index contributed by atoms with van der Waals surface area (Å²) in [6.07, 6.45) is 2.66. The molecule has 0 saturated heterocycles. The summed E-state index contributed by atoms with van der Waals surface area (Å²) in [7, 11) is 2.05. The van der Waals surface area contributed by atoms with Gasteiger partial charge in [-0.25, -0.2) is 0 Å². The van der Waals surface area contributed by atoms with Crippen LogP contribution >= 0.6 is 0 Å². The van der Waals surface area contributed by atoms with E-state index in [1.54, 1.807) is 0 Å². The van der Waals surface area contributed by atoms with Crippen LogP contribution in [-0.4, -0.2) is 16.3 Å². The fraction of sp³-hybridized carbons (Fsp3) is 0.529. The third-order valence-electron chi connectivity index (χ3n) is 4.13. The minimum atomic E-state index is -0.323. The van der Waals surface area contributed by atoms with Gasteiger partial charge in [0.2, 0.25) is 0 Å². The highest BCUT2D eigenvalue weighted by atomic mass is 16.5. The maximum atomic E-state index is 10.2. The molecule has 1 N–H and O–H groups in total. The third kappa shape index (κ3) is 2.20. The molecule has 0 radical (unpaired) electrons.